The molecule has 4 heteroatoms. The van der Waals surface area contributed by atoms with Gasteiger partial charge in [0.2, 0.25) is 5.91 Å². The summed E-state index contributed by atoms with van der Waals surface area (Å²) < 4.78 is 0. The van der Waals surface area contributed by atoms with Gasteiger partial charge in [-0.15, -0.1) is 0 Å². The van der Waals surface area contributed by atoms with Crippen LogP contribution in [0.3, 0.4) is 0 Å². The van der Waals surface area contributed by atoms with Gasteiger partial charge in [-0.05, 0) is 31.0 Å². The van der Waals surface area contributed by atoms with E-state index in [1.54, 1.807) is 0 Å². The summed E-state index contributed by atoms with van der Waals surface area (Å²) in [7, 11) is 0. The van der Waals surface area contributed by atoms with Gasteiger partial charge in [-0.1, -0.05) is 42.5 Å². The minimum atomic E-state index is 0.0369. The lowest BCUT2D eigenvalue weighted by atomic mass is 10.1. The monoisotopic (exact) mass is 307 g/mol. The number of hydrogen-bond donors (Lipinski definition) is 2. The number of amides is 1. The van der Waals surface area contributed by atoms with Crippen molar-refractivity contribution in [1.82, 2.24) is 15.3 Å². The Balaban J connectivity index is 1.47. The lowest BCUT2D eigenvalue weighted by Crippen LogP contribution is -2.26. The van der Waals surface area contributed by atoms with Gasteiger partial charge >= 0.3 is 0 Å². The molecule has 3 aromatic rings. The average Bonchev–Trinajstić information content (AvgIpc) is 2.98. The van der Waals surface area contributed by atoms with E-state index in [0.29, 0.717) is 6.42 Å². The standard InChI is InChI=1S/C19H21N3O/c1-14(15-8-3-2-4-9-15)20-19(23)13-7-12-18-21-16-10-5-6-11-17(16)22-18/h2-6,8-11,14H,7,12-13H2,1H3,(H,20,23)(H,21,22)/t14-/m0/s1. The van der Waals surface area contributed by atoms with Crippen molar-refractivity contribution in [2.45, 2.75) is 32.2 Å². The minimum absolute atomic E-state index is 0.0369. The second-order valence-corrected chi connectivity index (χ2v) is 5.75. The molecule has 2 N–H and O–H groups in total. The highest BCUT2D eigenvalue weighted by Gasteiger charge is 2.09. The predicted octanol–water partition coefficient (Wildman–Crippen LogP) is 3.76. The fourth-order valence-electron chi connectivity index (χ4n) is 2.68. The highest BCUT2D eigenvalue weighted by atomic mass is 16.1. The van der Waals surface area contributed by atoms with Crippen molar-refractivity contribution < 1.29 is 4.79 Å². The van der Waals surface area contributed by atoms with E-state index in [9.17, 15) is 4.79 Å². The van der Waals surface area contributed by atoms with E-state index < -0.39 is 0 Å². The Morgan fingerprint density at radius 3 is 2.65 bits per heavy atom. The Morgan fingerprint density at radius 1 is 1.13 bits per heavy atom. The third kappa shape index (κ3) is 3.97. The van der Waals surface area contributed by atoms with Crippen molar-refractivity contribution in [1.29, 1.82) is 0 Å². The number of fused-ring (bicyclic) bond motifs is 1. The maximum atomic E-state index is 12.0. The number of benzene rings is 2. The summed E-state index contributed by atoms with van der Waals surface area (Å²) in [5.41, 5.74) is 3.15. The first-order valence-corrected chi connectivity index (χ1v) is 8.00. The Labute approximate surface area is 136 Å². The summed E-state index contributed by atoms with van der Waals surface area (Å²) in [4.78, 5) is 19.9. The highest BCUT2D eigenvalue weighted by Crippen LogP contribution is 2.13. The summed E-state index contributed by atoms with van der Waals surface area (Å²) in [6.07, 6.45) is 2.07. The van der Waals surface area contributed by atoms with E-state index in [-0.39, 0.29) is 11.9 Å². The second kappa shape index (κ2) is 7.09. The topological polar surface area (TPSA) is 57.8 Å². The van der Waals surface area contributed by atoms with Gasteiger partial charge in [0.1, 0.15) is 5.82 Å². The van der Waals surface area contributed by atoms with Crippen molar-refractivity contribution >= 4 is 16.9 Å². The number of aromatic nitrogens is 2. The number of nitrogens with one attached hydrogen (secondary N) is 2. The summed E-state index contributed by atoms with van der Waals surface area (Å²) in [5, 5.41) is 3.04. The van der Waals surface area contributed by atoms with Crippen LogP contribution in [0.2, 0.25) is 0 Å². The number of carbonyl (C=O) groups is 1. The van der Waals surface area contributed by atoms with Crippen LogP contribution < -0.4 is 5.32 Å². The van der Waals surface area contributed by atoms with Gasteiger partial charge in [-0.3, -0.25) is 4.79 Å². The van der Waals surface area contributed by atoms with Crippen LogP contribution in [0, 0.1) is 0 Å². The van der Waals surface area contributed by atoms with Gasteiger partial charge in [0.05, 0.1) is 17.1 Å². The Kier molecular flexibility index (Phi) is 4.71. The van der Waals surface area contributed by atoms with Crippen molar-refractivity contribution in [2.24, 2.45) is 0 Å². The first-order valence-electron chi connectivity index (χ1n) is 8.00. The third-order valence-electron chi connectivity index (χ3n) is 3.93. The average molecular weight is 307 g/mol. The van der Waals surface area contributed by atoms with Gasteiger partial charge in [0.15, 0.2) is 0 Å². The molecule has 1 atom stereocenters. The molecule has 0 aliphatic rings. The van der Waals surface area contributed by atoms with E-state index in [1.807, 2.05) is 61.5 Å². The molecule has 0 saturated heterocycles. The van der Waals surface area contributed by atoms with Crippen LogP contribution in [-0.2, 0) is 11.2 Å². The molecule has 3 rings (SSSR count). The SMILES string of the molecule is C[C@H](NC(=O)CCCc1nc2ccccc2[nH]1)c1ccccc1. The lowest BCUT2D eigenvalue weighted by Gasteiger charge is -2.14. The third-order valence-corrected chi connectivity index (χ3v) is 3.93. The summed E-state index contributed by atoms with van der Waals surface area (Å²) >= 11 is 0. The first-order chi connectivity index (χ1) is 11.2. The molecule has 4 nitrogen and oxygen atoms in total. The molecule has 0 radical (unpaired) electrons. The van der Waals surface area contributed by atoms with Crippen molar-refractivity contribution in [3.63, 3.8) is 0 Å². The van der Waals surface area contributed by atoms with Gasteiger partial charge < -0.3 is 10.3 Å². The molecular formula is C19H21N3O. The highest BCUT2D eigenvalue weighted by molar-refractivity contribution is 5.76. The molecule has 0 fully saturated rings. The summed E-state index contributed by atoms with van der Waals surface area (Å²) in [6, 6.07) is 18.0. The summed E-state index contributed by atoms with van der Waals surface area (Å²) in [6.45, 7) is 2.01. The number of imidazole rings is 1. The largest absolute Gasteiger partial charge is 0.350 e. The van der Waals surface area contributed by atoms with Gasteiger partial charge in [0, 0.05) is 12.8 Å². The van der Waals surface area contributed by atoms with Gasteiger partial charge in [0.25, 0.3) is 0 Å². The Hall–Kier alpha value is -2.62. The molecule has 0 bridgehead atoms. The number of aromatic amines is 1. The number of rotatable bonds is 6. The predicted molar refractivity (Wildman–Crippen MR) is 92.0 cm³/mol. The van der Waals surface area contributed by atoms with Crippen LogP contribution in [0.15, 0.2) is 54.6 Å². The molecule has 1 heterocycles. The van der Waals surface area contributed by atoms with E-state index in [2.05, 4.69) is 15.3 Å². The molecular weight excluding hydrogens is 286 g/mol. The smallest absolute Gasteiger partial charge is 0.220 e. The number of nitrogens with zero attached hydrogens (tertiary/aromatic N) is 1. The maximum absolute atomic E-state index is 12.0. The van der Waals surface area contributed by atoms with Crippen LogP contribution in [0.25, 0.3) is 11.0 Å². The maximum Gasteiger partial charge on any atom is 0.220 e. The van der Waals surface area contributed by atoms with E-state index >= 15 is 0 Å². The van der Waals surface area contributed by atoms with Crippen LogP contribution in [0.5, 0.6) is 0 Å². The van der Waals surface area contributed by atoms with Crippen LogP contribution in [0.4, 0.5) is 0 Å². The minimum Gasteiger partial charge on any atom is -0.350 e. The van der Waals surface area contributed by atoms with Gasteiger partial charge in [-0.2, -0.15) is 0 Å². The quantitative estimate of drug-likeness (QED) is 0.728. The molecule has 2 aromatic carbocycles. The molecule has 118 valence electrons. The number of para-hydroxylation sites is 2. The van der Waals surface area contributed by atoms with E-state index in [4.69, 9.17) is 0 Å². The second-order valence-electron chi connectivity index (χ2n) is 5.75. The Morgan fingerprint density at radius 2 is 1.87 bits per heavy atom. The van der Waals surface area contributed by atoms with Crippen molar-refractivity contribution in [3.05, 3.63) is 66.0 Å². The van der Waals surface area contributed by atoms with E-state index in [0.717, 1.165) is 35.3 Å². The molecule has 0 spiro atoms. The first kappa shape index (κ1) is 15.3. The molecule has 1 amide bonds. The molecule has 0 unspecified atom stereocenters. The van der Waals surface area contributed by atoms with E-state index in [1.165, 1.54) is 0 Å². The van der Waals surface area contributed by atoms with Crippen molar-refractivity contribution in [2.75, 3.05) is 0 Å². The molecule has 23 heavy (non-hydrogen) atoms. The number of H-pyrrole nitrogens is 1. The summed E-state index contributed by atoms with van der Waals surface area (Å²) in [5.74, 6) is 1.02. The van der Waals surface area contributed by atoms with Crippen LogP contribution >= 0.6 is 0 Å². The molecule has 0 saturated carbocycles. The Bertz CT molecular complexity index is 746. The molecule has 1 aromatic heterocycles. The zero-order chi connectivity index (χ0) is 16.1. The fraction of sp³-hybridized carbons (Fsp3) is 0.263. The molecule has 0 aliphatic heterocycles. The number of hydrogen-bond acceptors (Lipinski definition) is 2. The van der Waals surface area contributed by atoms with Gasteiger partial charge in [-0.25, -0.2) is 4.98 Å². The zero-order valence-electron chi connectivity index (χ0n) is 13.3. The van der Waals surface area contributed by atoms with Crippen LogP contribution in [-0.4, -0.2) is 15.9 Å². The fourth-order valence-corrected chi connectivity index (χ4v) is 2.68. The van der Waals surface area contributed by atoms with Crippen molar-refractivity contribution in [3.8, 4) is 0 Å². The number of aryl methyl sites for hydroxylation is 1. The lowest BCUT2D eigenvalue weighted by molar-refractivity contribution is -0.121. The normalized spacial score (nSPS) is 12.2. The van der Waals surface area contributed by atoms with Crippen LogP contribution in [0.1, 0.15) is 37.2 Å². The zero-order valence-corrected chi connectivity index (χ0v) is 13.3. The number of carbonyl (C=O) groups excluding carboxylic acids is 1. The molecule has 0 aliphatic carbocycles.